The lowest BCUT2D eigenvalue weighted by Crippen LogP contribution is -2.28. The van der Waals surface area contributed by atoms with Gasteiger partial charge in [0.1, 0.15) is 11.5 Å². The molecule has 4 N–H and O–H groups in total. The Bertz CT molecular complexity index is 1820. The summed E-state index contributed by atoms with van der Waals surface area (Å²) >= 11 is 6.07. The fraction of sp³-hybridized carbons (Fsp3) is 0.188. The van der Waals surface area contributed by atoms with Gasteiger partial charge in [-0.15, -0.1) is 0 Å². The van der Waals surface area contributed by atoms with E-state index in [2.05, 4.69) is 47.5 Å². The Kier molecular flexibility index (Phi) is 10.1. The number of ether oxygens (including phenoxy) is 2. The lowest BCUT2D eigenvalue weighted by atomic mass is 10.1. The minimum atomic E-state index is -0.370. The van der Waals surface area contributed by atoms with E-state index in [-0.39, 0.29) is 29.4 Å². The zero-order valence-electron chi connectivity index (χ0n) is 25.3. The molecule has 0 bridgehead atoms. The average Bonchev–Trinajstić information content (AvgIpc) is 3.09. The highest BCUT2D eigenvalue weighted by Crippen LogP contribution is 2.24. The zero-order valence-corrected chi connectivity index (χ0v) is 26.1. The number of hydrazine groups is 1. The lowest BCUT2D eigenvalue weighted by Gasteiger charge is -2.16. The summed E-state index contributed by atoms with van der Waals surface area (Å²) in [6.07, 6.45) is -0.106. The number of halogens is 1. The van der Waals surface area contributed by atoms with Crippen molar-refractivity contribution in [1.82, 2.24) is 24.5 Å². The molecule has 0 spiro atoms. The van der Waals surface area contributed by atoms with Crippen LogP contribution in [0.25, 0.3) is 11.3 Å². The van der Waals surface area contributed by atoms with Gasteiger partial charge in [-0.1, -0.05) is 48.0 Å². The van der Waals surface area contributed by atoms with Crippen molar-refractivity contribution < 1.29 is 9.47 Å². The number of nitriles is 1. The number of anilines is 4. The predicted molar refractivity (Wildman–Crippen MR) is 177 cm³/mol. The Hall–Kier alpha value is -5.87. The van der Waals surface area contributed by atoms with Crippen LogP contribution >= 0.6 is 11.6 Å². The van der Waals surface area contributed by atoms with Crippen LogP contribution < -0.4 is 36.5 Å². The zero-order chi connectivity index (χ0) is 32.5. The maximum atomic E-state index is 13.3. The van der Waals surface area contributed by atoms with Crippen molar-refractivity contribution in [1.29, 1.82) is 5.26 Å². The normalized spacial score (nSPS) is 10.5. The first-order valence-electron chi connectivity index (χ1n) is 14.1. The topological polar surface area (TPSA) is 164 Å². The molecule has 46 heavy (non-hydrogen) atoms. The van der Waals surface area contributed by atoms with Gasteiger partial charge in [0.25, 0.3) is 5.56 Å². The van der Waals surface area contributed by atoms with Crippen LogP contribution in [0.4, 0.5) is 23.8 Å². The number of methoxy groups -OCH3 is 2. The van der Waals surface area contributed by atoms with Crippen molar-refractivity contribution in [3.05, 3.63) is 105 Å². The molecule has 5 rings (SSSR count). The Labute approximate surface area is 270 Å². The molecule has 0 atom stereocenters. The molecule has 2 heterocycles. The van der Waals surface area contributed by atoms with Crippen molar-refractivity contribution in [3.8, 4) is 28.8 Å². The number of rotatable bonds is 13. The van der Waals surface area contributed by atoms with Crippen LogP contribution in [-0.2, 0) is 26.6 Å². The van der Waals surface area contributed by atoms with Crippen LogP contribution in [0.1, 0.15) is 16.7 Å². The number of aromatic nitrogens is 5. The first-order chi connectivity index (χ1) is 22.4. The second kappa shape index (κ2) is 14.7. The standard InChI is InChI=1S/C32H31ClN10O3/c1-43-28(44)26(16-17-34)27(22-8-10-23(33)11-9-22)37-32(43)42-41-31-39-29(35-18-20-4-12-24(45-2)13-5-20)38-30(40-31)36-19-21-6-14-25(46-3)15-7-21/h4-15H,16,18-19H2,1-3H3,(H,37,42)(H3,35,36,38,39,40,41). The molecule has 14 heteroatoms. The third kappa shape index (κ3) is 7.79. The van der Waals surface area contributed by atoms with E-state index in [1.807, 2.05) is 48.5 Å². The van der Waals surface area contributed by atoms with Crippen molar-refractivity contribution in [2.45, 2.75) is 19.5 Å². The smallest absolute Gasteiger partial charge is 0.259 e. The molecule has 0 aliphatic heterocycles. The van der Waals surface area contributed by atoms with E-state index < -0.39 is 0 Å². The largest absolute Gasteiger partial charge is 0.497 e. The van der Waals surface area contributed by atoms with E-state index in [9.17, 15) is 10.1 Å². The third-order valence-corrected chi connectivity index (χ3v) is 7.15. The number of hydrogen-bond acceptors (Lipinski definition) is 12. The Morgan fingerprint density at radius 3 is 1.78 bits per heavy atom. The van der Waals surface area contributed by atoms with Gasteiger partial charge in [-0.2, -0.15) is 20.2 Å². The summed E-state index contributed by atoms with van der Waals surface area (Å²) in [7, 11) is 4.80. The minimum absolute atomic E-state index is 0.106. The van der Waals surface area contributed by atoms with Crippen LogP contribution in [-0.4, -0.2) is 38.7 Å². The first-order valence-corrected chi connectivity index (χ1v) is 14.5. The van der Waals surface area contributed by atoms with Crippen molar-refractivity contribution in [2.75, 3.05) is 35.7 Å². The second-order valence-corrected chi connectivity index (χ2v) is 10.4. The summed E-state index contributed by atoms with van der Waals surface area (Å²) in [5.74, 6) is 2.47. The van der Waals surface area contributed by atoms with E-state index in [0.717, 1.165) is 22.6 Å². The van der Waals surface area contributed by atoms with Crippen LogP contribution in [0.15, 0.2) is 77.6 Å². The van der Waals surface area contributed by atoms with Gasteiger partial charge < -0.3 is 20.1 Å². The van der Waals surface area contributed by atoms with Gasteiger partial charge in [-0.05, 0) is 47.5 Å². The van der Waals surface area contributed by atoms with E-state index in [0.29, 0.717) is 41.3 Å². The molecular weight excluding hydrogens is 608 g/mol. The van der Waals surface area contributed by atoms with Crippen LogP contribution in [0, 0.1) is 11.3 Å². The maximum Gasteiger partial charge on any atom is 0.259 e. The number of nitrogens with one attached hydrogen (secondary N) is 4. The number of benzene rings is 3. The van der Waals surface area contributed by atoms with E-state index in [1.54, 1.807) is 45.5 Å². The summed E-state index contributed by atoms with van der Waals surface area (Å²) in [6, 6.07) is 24.2. The van der Waals surface area contributed by atoms with Gasteiger partial charge >= 0.3 is 0 Å². The molecule has 0 aliphatic carbocycles. The molecular formula is C32H31ClN10O3. The van der Waals surface area contributed by atoms with Crippen molar-refractivity contribution in [2.24, 2.45) is 7.05 Å². The van der Waals surface area contributed by atoms with E-state index >= 15 is 0 Å². The van der Waals surface area contributed by atoms with Gasteiger partial charge in [0.2, 0.25) is 23.8 Å². The monoisotopic (exact) mass is 638 g/mol. The Balaban J connectivity index is 1.41. The molecule has 0 unspecified atom stereocenters. The van der Waals surface area contributed by atoms with Gasteiger partial charge in [0.15, 0.2) is 0 Å². The fourth-order valence-electron chi connectivity index (χ4n) is 4.40. The van der Waals surface area contributed by atoms with Gasteiger partial charge in [0, 0.05) is 30.7 Å². The SMILES string of the molecule is COc1ccc(CNc2nc(NCc3ccc(OC)cc3)nc(NNc3nc(-c4ccc(Cl)cc4)c(CC#N)c(=O)n3C)n2)cc1. The molecule has 0 saturated carbocycles. The van der Waals surface area contributed by atoms with Crippen LogP contribution in [0.5, 0.6) is 11.5 Å². The third-order valence-electron chi connectivity index (χ3n) is 6.90. The highest BCUT2D eigenvalue weighted by molar-refractivity contribution is 6.30. The van der Waals surface area contributed by atoms with Crippen LogP contribution in [0.3, 0.4) is 0 Å². The first kappa shape index (κ1) is 31.6. The van der Waals surface area contributed by atoms with Crippen LogP contribution in [0.2, 0.25) is 5.02 Å². The summed E-state index contributed by atoms with van der Waals surface area (Å²) in [5, 5.41) is 16.4. The fourth-order valence-corrected chi connectivity index (χ4v) is 4.52. The quantitative estimate of drug-likeness (QED) is 0.127. The maximum absolute atomic E-state index is 13.3. The molecule has 2 aromatic heterocycles. The highest BCUT2D eigenvalue weighted by Gasteiger charge is 2.17. The molecule has 0 radical (unpaired) electrons. The molecule has 0 saturated heterocycles. The summed E-state index contributed by atoms with van der Waals surface area (Å²) in [4.78, 5) is 31.5. The molecule has 0 fully saturated rings. The lowest BCUT2D eigenvalue weighted by molar-refractivity contribution is 0.414. The van der Waals surface area contributed by atoms with Crippen molar-refractivity contribution >= 4 is 35.4 Å². The molecule has 5 aromatic rings. The van der Waals surface area contributed by atoms with Gasteiger partial charge in [-0.3, -0.25) is 20.2 Å². The molecule has 0 amide bonds. The van der Waals surface area contributed by atoms with Gasteiger partial charge in [0.05, 0.1) is 38.0 Å². The Morgan fingerprint density at radius 2 is 1.28 bits per heavy atom. The minimum Gasteiger partial charge on any atom is -0.497 e. The molecule has 3 aromatic carbocycles. The molecule has 13 nitrogen and oxygen atoms in total. The number of nitrogens with zero attached hydrogens (tertiary/aromatic N) is 6. The Morgan fingerprint density at radius 1 is 0.761 bits per heavy atom. The predicted octanol–water partition coefficient (Wildman–Crippen LogP) is 5.03. The average molecular weight is 639 g/mol. The second-order valence-electron chi connectivity index (χ2n) is 9.93. The van der Waals surface area contributed by atoms with Gasteiger partial charge in [-0.25, -0.2) is 4.98 Å². The molecule has 234 valence electrons. The van der Waals surface area contributed by atoms with E-state index in [1.165, 1.54) is 4.57 Å². The molecule has 0 aliphatic rings. The van der Waals surface area contributed by atoms with E-state index in [4.69, 9.17) is 21.1 Å². The summed E-state index contributed by atoms with van der Waals surface area (Å²) in [6.45, 7) is 0.888. The summed E-state index contributed by atoms with van der Waals surface area (Å²) < 4.78 is 11.8. The number of hydrogen-bond donors (Lipinski definition) is 4. The highest BCUT2D eigenvalue weighted by atomic mass is 35.5. The van der Waals surface area contributed by atoms with Crippen molar-refractivity contribution in [3.63, 3.8) is 0 Å². The summed E-state index contributed by atoms with van der Waals surface area (Å²) in [5.41, 5.74) is 8.78.